The van der Waals surface area contributed by atoms with Crippen molar-refractivity contribution in [2.45, 2.75) is 143 Å². The number of hydrogen-bond donors (Lipinski definition) is 0. The molecule has 1 atom stereocenters. The van der Waals surface area contributed by atoms with E-state index in [-0.39, 0.29) is 11.9 Å². The van der Waals surface area contributed by atoms with E-state index < -0.39 is 12.1 Å². The maximum Gasteiger partial charge on any atom is 0.410 e. The molecule has 1 amide bonds. The summed E-state index contributed by atoms with van der Waals surface area (Å²) in [7, 11) is 1.63. The Morgan fingerprint density at radius 1 is 0.636 bits per heavy atom. The number of esters is 1. The van der Waals surface area contributed by atoms with Crippen LogP contribution in [-0.4, -0.2) is 43.3 Å². The van der Waals surface area contributed by atoms with Gasteiger partial charge in [-0.25, -0.2) is 9.59 Å². The predicted octanol–water partition coefficient (Wildman–Crippen LogP) is 8.29. The van der Waals surface area contributed by atoms with Gasteiger partial charge in [0.1, 0.15) is 6.04 Å². The fourth-order valence-electron chi connectivity index (χ4n) is 3.96. The van der Waals surface area contributed by atoms with Crippen molar-refractivity contribution in [1.82, 2.24) is 4.90 Å². The second-order valence-electron chi connectivity index (χ2n) is 9.99. The van der Waals surface area contributed by atoms with Gasteiger partial charge < -0.3 is 9.47 Å². The standard InChI is InChI=1S/C28H55NO4/c1-6-8-10-11-12-13-14-15-16-17-18-19-20-21-23-32-27(30)26(24-25(3)4)29(5)28(31)33-22-9-7-2/h25-26H,6-24H2,1-5H3. The molecule has 0 radical (unpaired) electrons. The van der Waals surface area contributed by atoms with Gasteiger partial charge in [-0.1, -0.05) is 118 Å². The molecule has 0 aromatic heterocycles. The van der Waals surface area contributed by atoms with Gasteiger partial charge in [-0.3, -0.25) is 4.90 Å². The molecular formula is C28H55NO4. The molecular weight excluding hydrogens is 414 g/mol. The minimum atomic E-state index is -0.578. The van der Waals surface area contributed by atoms with Gasteiger partial charge in [-0.05, 0) is 25.2 Å². The first-order valence-corrected chi connectivity index (χ1v) is 14.0. The van der Waals surface area contributed by atoms with Gasteiger partial charge in [-0.2, -0.15) is 0 Å². The van der Waals surface area contributed by atoms with E-state index in [4.69, 9.17) is 9.47 Å². The van der Waals surface area contributed by atoms with Crippen LogP contribution in [0.25, 0.3) is 0 Å². The SMILES string of the molecule is CCCCCCCCCCCCCCCCOC(=O)C(CC(C)C)N(C)C(=O)OCCCC. The number of likely N-dealkylation sites (N-methyl/N-ethyl adjacent to an activating group) is 1. The van der Waals surface area contributed by atoms with Crippen molar-refractivity contribution in [2.75, 3.05) is 20.3 Å². The highest BCUT2D eigenvalue weighted by molar-refractivity contribution is 5.81. The Labute approximate surface area is 205 Å². The van der Waals surface area contributed by atoms with Crippen molar-refractivity contribution >= 4 is 12.1 Å². The summed E-state index contributed by atoms with van der Waals surface area (Å²) in [5.41, 5.74) is 0. The Bertz CT molecular complexity index is 467. The molecule has 5 nitrogen and oxygen atoms in total. The molecule has 0 aromatic rings. The summed E-state index contributed by atoms with van der Waals surface area (Å²) in [5.74, 6) is -0.0252. The Kier molecular flexibility index (Phi) is 21.7. The molecule has 0 saturated heterocycles. The fourth-order valence-corrected chi connectivity index (χ4v) is 3.96. The monoisotopic (exact) mass is 469 g/mol. The first-order valence-electron chi connectivity index (χ1n) is 14.0. The molecule has 1 unspecified atom stereocenters. The highest BCUT2D eigenvalue weighted by atomic mass is 16.6. The van der Waals surface area contributed by atoms with Gasteiger partial charge in [0.15, 0.2) is 0 Å². The summed E-state index contributed by atoms with van der Waals surface area (Å²) in [6.07, 6.45) is 20.2. The quantitative estimate of drug-likeness (QED) is 0.118. The average molecular weight is 470 g/mol. The molecule has 33 heavy (non-hydrogen) atoms. The van der Waals surface area contributed by atoms with Gasteiger partial charge in [0.2, 0.25) is 0 Å². The molecule has 0 bridgehead atoms. The second kappa shape index (κ2) is 22.5. The zero-order chi connectivity index (χ0) is 24.7. The molecule has 0 aliphatic heterocycles. The number of nitrogens with zero attached hydrogens (tertiary/aromatic N) is 1. The molecule has 0 heterocycles. The first kappa shape index (κ1) is 31.7. The highest BCUT2D eigenvalue weighted by Gasteiger charge is 2.29. The number of rotatable bonds is 22. The third-order valence-corrected chi connectivity index (χ3v) is 6.19. The van der Waals surface area contributed by atoms with Crippen molar-refractivity contribution in [3.63, 3.8) is 0 Å². The molecule has 196 valence electrons. The summed E-state index contributed by atoms with van der Waals surface area (Å²) in [6.45, 7) is 9.24. The normalized spacial score (nSPS) is 12.1. The van der Waals surface area contributed by atoms with Crippen molar-refractivity contribution in [3.8, 4) is 0 Å². The van der Waals surface area contributed by atoms with Gasteiger partial charge >= 0.3 is 12.1 Å². The highest BCUT2D eigenvalue weighted by Crippen LogP contribution is 2.15. The Hall–Kier alpha value is -1.26. The first-order chi connectivity index (χ1) is 15.9. The smallest absolute Gasteiger partial charge is 0.410 e. The summed E-state index contributed by atoms with van der Waals surface area (Å²) in [4.78, 5) is 26.3. The van der Waals surface area contributed by atoms with Gasteiger partial charge in [0.25, 0.3) is 0 Å². The third kappa shape index (κ3) is 18.8. The Morgan fingerprint density at radius 2 is 1.06 bits per heavy atom. The number of carbonyl (C=O) groups is 2. The van der Waals surface area contributed by atoms with Crippen LogP contribution in [0.1, 0.15) is 137 Å². The Morgan fingerprint density at radius 3 is 1.52 bits per heavy atom. The minimum absolute atomic E-state index is 0.287. The van der Waals surface area contributed by atoms with Crippen molar-refractivity contribution < 1.29 is 19.1 Å². The zero-order valence-electron chi connectivity index (χ0n) is 22.7. The predicted molar refractivity (Wildman–Crippen MR) is 139 cm³/mol. The molecule has 5 heteroatoms. The minimum Gasteiger partial charge on any atom is -0.464 e. The van der Waals surface area contributed by atoms with Crippen LogP contribution in [0, 0.1) is 5.92 Å². The lowest BCUT2D eigenvalue weighted by molar-refractivity contribution is -0.149. The van der Waals surface area contributed by atoms with Crippen LogP contribution in [0.15, 0.2) is 0 Å². The third-order valence-electron chi connectivity index (χ3n) is 6.19. The molecule has 0 N–H and O–H groups in total. The maximum absolute atomic E-state index is 12.6. The number of unbranched alkanes of at least 4 members (excludes halogenated alkanes) is 14. The molecule has 0 aliphatic rings. The van der Waals surface area contributed by atoms with E-state index in [1.165, 1.54) is 81.9 Å². The molecule has 0 saturated carbocycles. The van der Waals surface area contributed by atoms with Crippen LogP contribution in [0.2, 0.25) is 0 Å². The van der Waals surface area contributed by atoms with E-state index in [1.54, 1.807) is 7.05 Å². The van der Waals surface area contributed by atoms with E-state index in [2.05, 4.69) is 6.92 Å². The Balaban J connectivity index is 3.86. The van der Waals surface area contributed by atoms with Crippen molar-refractivity contribution in [1.29, 1.82) is 0 Å². The second-order valence-corrected chi connectivity index (χ2v) is 9.99. The number of hydrogen-bond acceptors (Lipinski definition) is 4. The largest absolute Gasteiger partial charge is 0.464 e. The molecule has 0 spiro atoms. The summed E-state index contributed by atoms with van der Waals surface area (Å²) in [5, 5.41) is 0. The lowest BCUT2D eigenvalue weighted by Crippen LogP contribution is -2.44. The van der Waals surface area contributed by atoms with Crippen LogP contribution in [0.5, 0.6) is 0 Å². The molecule has 0 fully saturated rings. The topological polar surface area (TPSA) is 55.8 Å². The van der Waals surface area contributed by atoms with Crippen molar-refractivity contribution in [2.24, 2.45) is 5.92 Å². The number of ether oxygens (including phenoxy) is 2. The van der Waals surface area contributed by atoms with Crippen LogP contribution in [-0.2, 0) is 14.3 Å². The average Bonchev–Trinajstić information content (AvgIpc) is 2.79. The summed E-state index contributed by atoms with van der Waals surface area (Å²) < 4.78 is 10.8. The van der Waals surface area contributed by atoms with Crippen LogP contribution < -0.4 is 0 Å². The van der Waals surface area contributed by atoms with Gasteiger partial charge in [-0.15, -0.1) is 0 Å². The zero-order valence-corrected chi connectivity index (χ0v) is 22.7. The number of amides is 1. The van der Waals surface area contributed by atoms with Gasteiger partial charge in [0.05, 0.1) is 13.2 Å². The van der Waals surface area contributed by atoms with E-state index in [0.29, 0.717) is 19.6 Å². The summed E-state index contributed by atoms with van der Waals surface area (Å²) >= 11 is 0. The van der Waals surface area contributed by atoms with E-state index in [1.807, 2.05) is 20.8 Å². The summed E-state index contributed by atoms with van der Waals surface area (Å²) in [6, 6.07) is -0.578. The van der Waals surface area contributed by atoms with Crippen LogP contribution in [0.3, 0.4) is 0 Å². The maximum atomic E-state index is 12.6. The lowest BCUT2D eigenvalue weighted by atomic mass is 10.0. The molecule has 0 aliphatic carbocycles. The molecule has 0 aromatic carbocycles. The lowest BCUT2D eigenvalue weighted by Gasteiger charge is -2.27. The van der Waals surface area contributed by atoms with Crippen molar-refractivity contribution in [3.05, 3.63) is 0 Å². The molecule has 0 rings (SSSR count). The van der Waals surface area contributed by atoms with Gasteiger partial charge in [0, 0.05) is 7.05 Å². The van der Waals surface area contributed by atoms with E-state index in [9.17, 15) is 9.59 Å². The number of carbonyl (C=O) groups excluding carboxylic acids is 2. The van der Waals surface area contributed by atoms with Crippen LogP contribution in [0.4, 0.5) is 4.79 Å². The van der Waals surface area contributed by atoms with Crippen LogP contribution >= 0.6 is 0 Å². The fraction of sp³-hybridized carbons (Fsp3) is 0.929. The van der Waals surface area contributed by atoms with E-state index in [0.717, 1.165) is 25.7 Å². The van der Waals surface area contributed by atoms with E-state index >= 15 is 0 Å².